The Hall–Kier alpha value is -2.48. The molecule has 8 heteroatoms. The van der Waals surface area contributed by atoms with Gasteiger partial charge >= 0.3 is 0 Å². The number of rotatable bonds is 5. The van der Waals surface area contributed by atoms with Gasteiger partial charge in [0.2, 0.25) is 11.7 Å². The number of nitrogens with one attached hydrogen (secondary N) is 1. The minimum Gasteiger partial charge on any atom is -0.381 e. The van der Waals surface area contributed by atoms with Crippen LogP contribution >= 0.6 is 0 Å². The van der Waals surface area contributed by atoms with Gasteiger partial charge in [0, 0.05) is 45.3 Å². The molecule has 0 radical (unpaired) electrons. The molecule has 7 nitrogen and oxygen atoms in total. The van der Waals surface area contributed by atoms with Crippen LogP contribution in [-0.4, -0.2) is 68.4 Å². The van der Waals surface area contributed by atoms with Gasteiger partial charge in [-0.05, 0) is 25.0 Å². The number of para-hydroxylation sites is 1. The van der Waals surface area contributed by atoms with Crippen LogP contribution in [0.2, 0.25) is 0 Å². The number of halogens is 1. The number of benzene rings is 1. The van der Waals surface area contributed by atoms with Crippen molar-refractivity contribution in [2.75, 3.05) is 50.8 Å². The maximum atomic E-state index is 13.9. The van der Waals surface area contributed by atoms with E-state index in [9.17, 15) is 18.8 Å². The first-order chi connectivity index (χ1) is 13.1. The molecule has 2 heterocycles. The standard InChI is InChI=1S/C19H24FN3O4/c20-15-3-1-2-4-16(15)22-7-9-23(10-8-22)17(24)13-21-19(26)18(25)14-5-11-27-12-6-14/h1-4,14H,5-13H2,(H,21,26). The number of ketones is 1. The summed E-state index contributed by atoms with van der Waals surface area (Å²) < 4.78 is 19.0. The van der Waals surface area contributed by atoms with E-state index in [1.165, 1.54) is 6.07 Å². The highest BCUT2D eigenvalue weighted by Gasteiger charge is 2.28. The first-order valence-corrected chi connectivity index (χ1v) is 9.23. The molecule has 2 aliphatic heterocycles. The molecule has 2 aliphatic rings. The number of hydrogen-bond acceptors (Lipinski definition) is 5. The molecular formula is C19H24FN3O4. The Kier molecular flexibility index (Phi) is 6.39. The van der Waals surface area contributed by atoms with Crippen molar-refractivity contribution in [1.82, 2.24) is 10.2 Å². The van der Waals surface area contributed by atoms with Gasteiger partial charge in [0.1, 0.15) is 5.82 Å². The molecule has 0 bridgehead atoms. The van der Waals surface area contributed by atoms with Crippen LogP contribution < -0.4 is 10.2 Å². The van der Waals surface area contributed by atoms with E-state index in [1.807, 2.05) is 4.90 Å². The van der Waals surface area contributed by atoms with Gasteiger partial charge < -0.3 is 19.9 Å². The molecule has 146 valence electrons. The highest BCUT2D eigenvalue weighted by molar-refractivity contribution is 6.37. The van der Waals surface area contributed by atoms with Crippen LogP contribution in [0.3, 0.4) is 0 Å². The monoisotopic (exact) mass is 377 g/mol. The molecule has 0 aromatic heterocycles. The second-order valence-electron chi connectivity index (χ2n) is 6.75. The third kappa shape index (κ3) is 4.82. The van der Waals surface area contributed by atoms with Crippen molar-refractivity contribution in [3.63, 3.8) is 0 Å². The lowest BCUT2D eigenvalue weighted by atomic mass is 9.95. The van der Waals surface area contributed by atoms with Crippen LogP contribution in [0.15, 0.2) is 24.3 Å². The van der Waals surface area contributed by atoms with Crippen molar-refractivity contribution >= 4 is 23.3 Å². The fraction of sp³-hybridized carbons (Fsp3) is 0.526. The summed E-state index contributed by atoms with van der Waals surface area (Å²) in [5.41, 5.74) is 0.528. The number of carbonyl (C=O) groups is 3. The molecule has 2 amide bonds. The number of ether oxygens (including phenoxy) is 1. The van der Waals surface area contributed by atoms with E-state index in [0.717, 1.165) is 0 Å². The highest BCUT2D eigenvalue weighted by atomic mass is 19.1. The Morgan fingerprint density at radius 3 is 2.41 bits per heavy atom. The topological polar surface area (TPSA) is 79.0 Å². The van der Waals surface area contributed by atoms with E-state index in [1.54, 1.807) is 23.1 Å². The van der Waals surface area contributed by atoms with Crippen molar-refractivity contribution in [1.29, 1.82) is 0 Å². The molecule has 0 unspecified atom stereocenters. The van der Waals surface area contributed by atoms with Crippen LogP contribution in [0, 0.1) is 11.7 Å². The van der Waals surface area contributed by atoms with Crippen LogP contribution in [0.5, 0.6) is 0 Å². The van der Waals surface area contributed by atoms with Crippen LogP contribution in [0.1, 0.15) is 12.8 Å². The largest absolute Gasteiger partial charge is 0.381 e. The zero-order chi connectivity index (χ0) is 19.2. The van der Waals surface area contributed by atoms with Crippen LogP contribution in [0.25, 0.3) is 0 Å². The Balaban J connectivity index is 1.43. The van der Waals surface area contributed by atoms with Crippen molar-refractivity contribution in [3.05, 3.63) is 30.1 Å². The van der Waals surface area contributed by atoms with Gasteiger partial charge in [-0.15, -0.1) is 0 Å². The van der Waals surface area contributed by atoms with E-state index in [2.05, 4.69) is 5.32 Å². The lowest BCUT2D eigenvalue weighted by molar-refractivity contribution is -0.143. The lowest BCUT2D eigenvalue weighted by Crippen LogP contribution is -2.52. The Morgan fingerprint density at radius 2 is 1.74 bits per heavy atom. The van der Waals surface area contributed by atoms with Crippen molar-refractivity contribution in [2.24, 2.45) is 5.92 Å². The SMILES string of the molecule is O=C(NCC(=O)N1CCN(c2ccccc2F)CC1)C(=O)C1CCOCC1. The predicted molar refractivity (Wildman–Crippen MR) is 96.8 cm³/mol. The molecule has 2 fully saturated rings. The zero-order valence-electron chi connectivity index (χ0n) is 15.2. The van der Waals surface area contributed by atoms with E-state index in [-0.39, 0.29) is 24.2 Å². The maximum absolute atomic E-state index is 13.9. The number of nitrogens with zero attached hydrogens (tertiary/aromatic N) is 2. The first kappa shape index (κ1) is 19.3. The minimum absolute atomic E-state index is 0.201. The van der Waals surface area contributed by atoms with Gasteiger partial charge in [0.05, 0.1) is 12.2 Å². The van der Waals surface area contributed by atoms with Crippen molar-refractivity contribution in [3.8, 4) is 0 Å². The van der Waals surface area contributed by atoms with E-state index in [4.69, 9.17) is 4.74 Å². The van der Waals surface area contributed by atoms with Crippen LogP contribution in [-0.2, 0) is 19.1 Å². The van der Waals surface area contributed by atoms with E-state index >= 15 is 0 Å². The van der Waals surface area contributed by atoms with Gasteiger partial charge in [0.25, 0.3) is 5.91 Å². The summed E-state index contributed by atoms with van der Waals surface area (Å²) in [7, 11) is 0. The summed E-state index contributed by atoms with van der Waals surface area (Å²) in [6.45, 7) is 2.68. The summed E-state index contributed by atoms with van der Waals surface area (Å²) in [5, 5.41) is 2.43. The fourth-order valence-electron chi connectivity index (χ4n) is 3.40. The average molecular weight is 377 g/mol. The highest BCUT2D eigenvalue weighted by Crippen LogP contribution is 2.20. The maximum Gasteiger partial charge on any atom is 0.288 e. The summed E-state index contributed by atoms with van der Waals surface area (Å²) in [5.74, 6) is -2.03. The molecule has 2 saturated heterocycles. The first-order valence-electron chi connectivity index (χ1n) is 9.23. The predicted octanol–water partition coefficient (Wildman–Crippen LogP) is 0.586. The molecule has 0 saturated carbocycles. The number of carbonyl (C=O) groups excluding carboxylic acids is 3. The van der Waals surface area contributed by atoms with Gasteiger partial charge in [0.15, 0.2) is 0 Å². The summed E-state index contributed by atoms with van der Waals surface area (Å²) in [4.78, 5) is 39.9. The summed E-state index contributed by atoms with van der Waals surface area (Å²) in [6.07, 6.45) is 1.08. The van der Waals surface area contributed by atoms with E-state index < -0.39 is 11.7 Å². The second kappa shape index (κ2) is 8.94. The number of anilines is 1. The number of Topliss-reactive ketones (excluding diaryl/α,β-unsaturated/α-hetero) is 1. The smallest absolute Gasteiger partial charge is 0.288 e. The molecule has 0 atom stereocenters. The van der Waals surface area contributed by atoms with E-state index in [0.29, 0.717) is 57.9 Å². The molecule has 27 heavy (non-hydrogen) atoms. The molecule has 0 aliphatic carbocycles. The summed E-state index contributed by atoms with van der Waals surface area (Å²) >= 11 is 0. The normalized spacial score (nSPS) is 18.3. The molecule has 1 N–H and O–H groups in total. The lowest BCUT2D eigenvalue weighted by Gasteiger charge is -2.36. The summed E-state index contributed by atoms with van der Waals surface area (Å²) in [6, 6.07) is 6.55. The fourth-order valence-corrected chi connectivity index (χ4v) is 3.40. The molecule has 1 aromatic carbocycles. The quantitative estimate of drug-likeness (QED) is 0.760. The van der Waals surface area contributed by atoms with Gasteiger partial charge in [-0.3, -0.25) is 14.4 Å². The van der Waals surface area contributed by atoms with Gasteiger partial charge in [-0.2, -0.15) is 0 Å². The number of piperazine rings is 1. The molecule has 0 spiro atoms. The molecular weight excluding hydrogens is 353 g/mol. The van der Waals surface area contributed by atoms with Gasteiger partial charge in [-0.1, -0.05) is 12.1 Å². The Labute approximate surface area is 157 Å². The zero-order valence-corrected chi connectivity index (χ0v) is 15.2. The second-order valence-corrected chi connectivity index (χ2v) is 6.75. The number of amides is 2. The minimum atomic E-state index is -0.708. The number of hydrogen-bond donors (Lipinski definition) is 1. The van der Waals surface area contributed by atoms with Crippen LogP contribution in [0.4, 0.5) is 10.1 Å². The Morgan fingerprint density at radius 1 is 1.07 bits per heavy atom. The average Bonchev–Trinajstić information content (AvgIpc) is 2.72. The Bertz CT molecular complexity index is 698. The molecule has 1 aromatic rings. The third-order valence-corrected chi connectivity index (χ3v) is 5.04. The van der Waals surface area contributed by atoms with Gasteiger partial charge in [-0.25, -0.2) is 4.39 Å². The molecule has 3 rings (SSSR count). The van der Waals surface area contributed by atoms with Crippen molar-refractivity contribution in [2.45, 2.75) is 12.8 Å². The van der Waals surface area contributed by atoms with Crippen molar-refractivity contribution < 1.29 is 23.5 Å². The third-order valence-electron chi connectivity index (χ3n) is 5.04.